The van der Waals surface area contributed by atoms with Gasteiger partial charge in [0.1, 0.15) is 18.2 Å². The molecule has 0 saturated carbocycles. The van der Waals surface area contributed by atoms with Crippen LogP contribution in [0.4, 0.5) is 10.5 Å². The highest BCUT2D eigenvalue weighted by Crippen LogP contribution is 2.45. The van der Waals surface area contributed by atoms with Crippen molar-refractivity contribution in [2.45, 2.75) is 83.1 Å². The van der Waals surface area contributed by atoms with Crippen LogP contribution in [0.3, 0.4) is 0 Å². The molecular formula is C40H52N4O11. The van der Waals surface area contributed by atoms with Gasteiger partial charge in [0.2, 0.25) is 11.8 Å². The van der Waals surface area contributed by atoms with Crippen LogP contribution in [0.5, 0.6) is 0 Å². The summed E-state index contributed by atoms with van der Waals surface area (Å²) in [4.78, 5) is 76.2. The maximum absolute atomic E-state index is 13.2. The Morgan fingerprint density at radius 2 is 1.76 bits per heavy atom. The first-order chi connectivity index (χ1) is 26.5. The maximum Gasteiger partial charge on any atom is 0.407 e. The van der Waals surface area contributed by atoms with Gasteiger partial charge in [-0.1, -0.05) is 38.1 Å². The molecule has 2 saturated heterocycles. The highest BCUT2D eigenvalue weighted by atomic mass is 16.6. The third-order valence-electron chi connectivity index (χ3n) is 11.1. The number of esters is 1. The van der Waals surface area contributed by atoms with Gasteiger partial charge in [-0.2, -0.15) is 0 Å². The van der Waals surface area contributed by atoms with E-state index < -0.39 is 35.8 Å². The Morgan fingerprint density at radius 3 is 2.53 bits per heavy atom. The fraction of sp³-hybridized carbons (Fsp3) is 0.600. The number of allylic oxidation sites excluding steroid dienone is 3. The van der Waals surface area contributed by atoms with Gasteiger partial charge in [0.25, 0.3) is 11.8 Å². The number of imide groups is 2. The van der Waals surface area contributed by atoms with Gasteiger partial charge >= 0.3 is 12.1 Å². The molecule has 1 aromatic rings. The molecule has 8 atom stereocenters. The number of carbonyl (C=O) groups excluding carboxylic acids is 6. The Balaban J connectivity index is 0.881. The summed E-state index contributed by atoms with van der Waals surface area (Å²) in [5.41, 5.74) is 2.04. The summed E-state index contributed by atoms with van der Waals surface area (Å²) in [5, 5.41) is 8.15. The van der Waals surface area contributed by atoms with E-state index in [9.17, 15) is 28.8 Å². The summed E-state index contributed by atoms with van der Waals surface area (Å²) >= 11 is 0. The van der Waals surface area contributed by atoms with Gasteiger partial charge in [-0.3, -0.25) is 34.2 Å². The molecule has 5 amide bonds. The van der Waals surface area contributed by atoms with Crippen LogP contribution in [0.15, 0.2) is 42.0 Å². The number of amides is 5. The van der Waals surface area contributed by atoms with Gasteiger partial charge in [0, 0.05) is 44.6 Å². The number of hydrogen-bond acceptors (Lipinski definition) is 12. The van der Waals surface area contributed by atoms with Crippen molar-refractivity contribution in [2.24, 2.45) is 23.7 Å². The van der Waals surface area contributed by atoms with Crippen molar-refractivity contribution in [3.8, 4) is 0 Å². The smallest absolute Gasteiger partial charge is 0.407 e. The van der Waals surface area contributed by atoms with Crippen LogP contribution in [0.2, 0.25) is 0 Å². The van der Waals surface area contributed by atoms with Crippen LogP contribution in [-0.4, -0.2) is 112 Å². The van der Waals surface area contributed by atoms with Gasteiger partial charge < -0.3 is 34.3 Å². The summed E-state index contributed by atoms with van der Waals surface area (Å²) < 4.78 is 28.4. The van der Waals surface area contributed by atoms with E-state index in [4.69, 9.17) is 23.7 Å². The minimum absolute atomic E-state index is 0.0525. The molecule has 0 spiro atoms. The maximum atomic E-state index is 13.2. The number of fused-ring (bicyclic) bond motifs is 2. The van der Waals surface area contributed by atoms with Crippen LogP contribution >= 0.6 is 0 Å². The molecule has 0 bridgehead atoms. The zero-order chi connectivity index (χ0) is 39.1. The molecule has 0 aromatic heterocycles. The Labute approximate surface area is 320 Å². The molecule has 15 nitrogen and oxygen atoms in total. The van der Waals surface area contributed by atoms with E-state index in [1.165, 1.54) is 5.57 Å². The van der Waals surface area contributed by atoms with Gasteiger partial charge in [0.15, 0.2) is 0 Å². The summed E-state index contributed by atoms with van der Waals surface area (Å²) in [5.74, 6) is -1.61. The number of methoxy groups -OCH3 is 1. The second-order valence-corrected chi connectivity index (χ2v) is 15.0. The van der Waals surface area contributed by atoms with E-state index in [-0.39, 0.29) is 91.5 Å². The lowest BCUT2D eigenvalue weighted by Crippen LogP contribution is -2.54. The molecule has 5 aliphatic rings. The third kappa shape index (κ3) is 9.62. The molecule has 2 aliphatic carbocycles. The Kier molecular flexibility index (Phi) is 13.4. The monoisotopic (exact) mass is 764 g/mol. The summed E-state index contributed by atoms with van der Waals surface area (Å²) in [6.07, 6.45) is 9.03. The first-order valence-corrected chi connectivity index (χ1v) is 19.3. The minimum Gasteiger partial charge on any atom is -0.462 e. The quantitative estimate of drug-likeness (QED) is 0.127. The molecule has 55 heavy (non-hydrogen) atoms. The topological polar surface area (TPSA) is 188 Å². The van der Waals surface area contributed by atoms with Crippen molar-refractivity contribution < 1.29 is 52.5 Å². The molecule has 3 N–H and O–H groups in total. The van der Waals surface area contributed by atoms with Crippen LogP contribution < -0.4 is 16.0 Å². The molecule has 15 heteroatoms. The van der Waals surface area contributed by atoms with Crippen molar-refractivity contribution in [3.63, 3.8) is 0 Å². The van der Waals surface area contributed by atoms with E-state index in [2.05, 4.69) is 48.0 Å². The second kappa shape index (κ2) is 18.4. The highest BCUT2D eigenvalue weighted by molar-refractivity contribution is 6.25. The van der Waals surface area contributed by atoms with Crippen molar-refractivity contribution in [2.75, 3.05) is 51.9 Å². The SMILES string of the molecule is CO[C@H]1CC(=O)O[C@H](CC[C@@H]2[C@@H]3C(=C[C@H](C)C[C@@H]3OC(=O)NCCOCCOCCNc3cccc4c3C(=O)N(C3CCC(=O)NC3=O)C4=O)C=C[C@@H]2C)C1. The van der Waals surface area contributed by atoms with Crippen molar-refractivity contribution >= 4 is 41.4 Å². The molecule has 1 aromatic carbocycles. The Bertz CT molecular complexity index is 1690. The average molecular weight is 765 g/mol. The zero-order valence-corrected chi connectivity index (χ0v) is 31.7. The zero-order valence-electron chi connectivity index (χ0n) is 31.7. The summed E-state index contributed by atoms with van der Waals surface area (Å²) in [6.45, 7) is 6.10. The van der Waals surface area contributed by atoms with Crippen molar-refractivity contribution in [3.05, 3.63) is 53.1 Å². The van der Waals surface area contributed by atoms with Crippen LogP contribution in [0, 0.1) is 23.7 Å². The van der Waals surface area contributed by atoms with E-state index in [0.717, 1.165) is 24.2 Å². The highest BCUT2D eigenvalue weighted by Gasteiger charge is 2.46. The molecule has 3 aliphatic heterocycles. The number of alkyl carbamates (subject to hydrolysis) is 1. The van der Waals surface area contributed by atoms with Gasteiger partial charge in [-0.15, -0.1) is 0 Å². The predicted molar refractivity (Wildman–Crippen MR) is 198 cm³/mol. The van der Waals surface area contributed by atoms with Crippen LogP contribution in [-0.2, 0) is 38.1 Å². The average Bonchev–Trinajstić information content (AvgIpc) is 3.40. The fourth-order valence-electron chi connectivity index (χ4n) is 8.45. The number of hydrogen-bond donors (Lipinski definition) is 3. The third-order valence-corrected chi connectivity index (χ3v) is 11.1. The standard InChI is InChI=1S/C40H52N4O11/c1-23-19-25-8-7-24(2)28(10-9-26-21-27(51-3)22-34(46)54-26)35(25)32(20-23)55-40(50)42-14-16-53-18-17-52-15-13-41-30-6-4-5-29-36(30)39(49)44(38(29)48)31-11-12-33(45)43-37(31)47/h4-8,19,23-24,26-28,31-32,35,41H,9-18,20-22H2,1-3H3,(H,42,50)(H,43,45,47)/t23-,24-,26+,27+,28-,31?,32-,35-/m0/s1. The van der Waals surface area contributed by atoms with E-state index in [1.807, 2.05) is 0 Å². The first-order valence-electron chi connectivity index (χ1n) is 19.3. The van der Waals surface area contributed by atoms with Crippen LogP contribution in [0.25, 0.3) is 0 Å². The van der Waals surface area contributed by atoms with Crippen LogP contribution in [0.1, 0.15) is 79.5 Å². The Hall–Kier alpha value is -4.60. The van der Waals surface area contributed by atoms with Gasteiger partial charge in [-0.05, 0) is 61.1 Å². The molecule has 1 unspecified atom stereocenters. The van der Waals surface area contributed by atoms with Gasteiger partial charge in [-0.25, -0.2) is 4.79 Å². The number of anilines is 1. The van der Waals surface area contributed by atoms with E-state index in [0.29, 0.717) is 38.5 Å². The molecule has 3 heterocycles. The normalized spacial score (nSPS) is 28.9. The number of nitrogens with one attached hydrogen (secondary N) is 3. The van der Waals surface area contributed by atoms with Crippen molar-refractivity contribution in [1.29, 1.82) is 0 Å². The molecule has 6 rings (SSSR count). The number of carbonyl (C=O) groups is 6. The number of nitrogens with zero attached hydrogens (tertiary/aromatic N) is 1. The number of rotatable bonds is 16. The number of cyclic esters (lactones) is 1. The largest absolute Gasteiger partial charge is 0.462 e. The predicted octanol–water partition coefficient (Wildman–Crippen LogP) is 3.53. The lowest BCUT2D eigenvalue weighted by Gasteiger charge is -2.43. The fourth-order valence-corrected chi connectivity index (χ4v) is 8.45. The summed E-state index contributed by atoms with van der Waals surface area (Å²) in [6, 6.07) is 3.86. The van der Waals surface area contributed by atoms with Gasteiger partial charge in [0.05, 0.1) is 50.1 Å². The lowest BCUT2D eigenvalue weighted by atomic mass is 9.65. The minimum atomic E-state index is -1.03. The second-order valence-electron chi connectivity index (χ2n) is 15.0. The molecule has 298 valence electrons. The van der Waals surface area contributed by atoms with E-state index in [1.54, 1.807) is 25.3 Å². The molecular weight excluding hydrogens is 712 g/mol. The number of benzene rings is 1. The number of piperidine rings is 1. The Morgan fingerprint density at radius 1 is 0.982 bits per heavy atom. The van der Waals surface area contributed by atoms with Crippen molar-refractivity contribution in [1.82, 2.24) is 15.5 Å². The summed E-state index contributed by atoms with van der Waals surface area (Å²) in [7, 11) is 1.63. The lowest BCUT2D eigenvalue weighted by molar-refractivity contribution is -0.162. The molecule has 2 fully saturated rings. The molecule has 0 radical (unpaired) electrons. The number of ether oxygens (including phenoxy) is 5. The first kappa shape index (κ1) is 40.1. The van der Waals surface area contributed by atoms with E-state index >= 15 is 0 Å².